The molecule has 2 nitrogen and oxygen atoms in total. The Morgan fingerprint density at radius 3 is 1.98 bits per heavy atom. The quantitative estimate of drug-likeness (QED) is 0.0901. The Bertz CT molecular complexity index is 1830. The van der Waals surface area contributed by atoms with Gasteiger partial charge in [0, 0.05) is 29.7 Å². The number of pyridine rings is 2. The summed E-state index contributed by atoms with van der Waals surface area (Å²) in [6.45, 7) is 3.91. The van der Waals surface area contributed by atoms with E-state index in [1.807, 2.05) is 24.5 Å². The first-order valence-electron chi connectivity index (χ1n) is 15.1. The molecule has 6 aromatic rings. The van der Waals surface area contributed by atoms with Crippen molar-refractivity contribution < 1.29 is 0 Å². The van der Waals surface area contributed by atoms with Crippen LogP contribution in [0.25, 0.3) is 49.4 Å². The van der Waals surface area contributed by atoms with Crippen LogP contribution in [0.4, 0.5) is 0 Å². The summed E-state index contributed by atoms with van der Waals surface area (Å²) in [5.74, 6) is 0. The van der Waals surface area contributed by atoms with E-state index in [1.165, 1.54) is 43.8 Å². The monoisotopic (exact) mass is 556 g/mol. The van der Waals surface area contributed by atoms with Crippen LogP contribution in [0.2, 0.25) is 0 Å². The minimum absolute atomic E-state index is 0.844. The van der Waals surface area contributed by atoms with Gasteiger partial charge in [0.2, 0.25) is 0 Å². The summed E-state index contributed by atoms with van der Waals surface area (Å²) < 4.78 is 0. The molecule has 43 heavy (non-hydrogen) atoms. The standard InChI is InChI=1S/C41H36N2/c1-2-3-16-31(40-27-26-34(30-43-40)33-20-15-28-42-29-33)17-7-4-5-10-21-35-36-22-11-13-24-38(36)41(32-18-8-6-9-19-32)39-25-14-12-23-37(35)39/h2,5-6,8-16,18-20,22-30H,1,3-4,7,17,21H2/b10-5-,31-16+. The van der Waals surface area contributed by atoms with Crippen LogP contribution in [0.3, 0.4) is 0 Å². The average molecular weight is 557 g/mol. The van der Waals surface area contributed by atoms with Crippen LogP contribution in [0.1, 0.15) is 36.9 Å². The highest BCUT2D eigenvalue weighted by Crippen LogP contribution is 2.39. The van der Waals surface area contributed by atoms with E-state index < -0.39 is 0 Å². The molecule has 0 bridgehead atoms. The fraction of sp³-hybridized carbons (Fsp3) is 0.122. The summed E-state index contributed by atoms with van der Waals surface area (Å²) in [5, 5.41) is 5.30. The van der Waals surface area contributed by atoms with Crippen LogP contribution in [0.15, 0.2) is 153 Å². The van der Waals surface area contributed by atoms with E-state index in [1.54, 1.807) is 6.20 Å². The van der Waals surface area contributed by atoms with Crippen molar-refractivity contribution in [1.82, 2.24) is 9.97 Å². The molecule has 0 atom stereocenters. The molecular weight excluding hydrogens is 520 g/mol. The molecule has 2 heterocycles. The van der Waals surface area contributed by atoms with Gasteiger partial charge in [0.25, 0.3) is 0 Å². The third kappa shape index (κ3) is 6.39. The largest absolute Gasteiger partial charge is 0.264 e. The number of allylic oxidation sites excluding steroid dienone is 5. The Hall–Kier alpha value is -5.08. The summed E-state index contributed by atoms with van der Waals surface area (Å²) in [7, 11) is 0. The van der Waals surface area contributed by atoms with Gasteiger partial charge in [-0.1, -0.05) is 115 Å². The zero-order chi connectivity index (χ0) is 29.3. The Labute approximate surface area is 254 Å². The third-order valence-electron chi connectivity index (χ3n) is 8.03. The van der Waals surface area contributed by atoms with Crippen LogP contribution in [0.5, 0.6) is 0 Å². The topological polar surface area (TPSA) is 25.8 Å². The molecule has 2 heteroatoms. The van der Waals surface area contributed by atoms with Gasteiger partial charge in [-0.15, -0.1) is 6.58 Å². The summed E-state index contributed by atoms with van der Waals surface area (Å²) >= 11 is 0. The number of nitrogens with zero attached hydrogens (tertiary/aromatic N) is 2. The lowest BCUT2D eigenvalue weighted by Gasteiger charge is -2.16. The number of hydrogen-bond donors (Lipinski definition) is 0. The number of unbranched alkanes of at least 4 members (excludes halogenated alkanes) is 1. The molecule has 0 spiro atoms. The Kier molecular flexibility index (Phi) is 8.95. The average Bonchev–Trinajstić information content (AvgIpc) is 3.08. The van der Waals surface area contributed by atoms with Crippen LogP contribution in [0, 0.1) is 0 Å². The van der Waals surface area contributed by atoms with Crippen molar-refractivity contribution >= 4 is 27.1 Å². The normalized spacial score (nSPS) is 11.9. The van der Waals surface area contributed by atoms with Crippen LogP contribution in [-0.4, -0.2) is 9.97 Å². The number of rotatable bonds is 11. The van der Waals surface area contributed by atoms with Crippen LogP contribution < -0.4 is 0 Å². The Morgan fingerprint density at radius 2 is 1.33 bits per heavy atom. The molecule has 4 aromatic carbocycles. The maximum Gasteiger partial charge on any atom is 0.0658 e. The summed E-state index contributed by atoms with van der Waals surface area (Å²) in [6.07, 6.45) is 19.4. The first-order chi connectivity index (χ1) is 21.3. The molecule has 6 rings (SSSR count). The molecular formula is C41H36N2. The van der Waals surface area contributed by atoms with E-state index in [0.717, 1.165) is 48.9 Å². The highest BCUT2D eigenvalue weighted by Gasteiger charge is 2.14. The highest BCUT2D eigenvalue weighted by atomic mass is 14.7. The highest BCUT2D eigenvalue weighted by molar-refractivity contribution is 6.15. The lowest BCUT2D eigenvalue weighted by atomic mass is 9.87. The fourth-order valence-corrected chi connectivity index (χ4v) is 5.93. The molecule has 0 aliphatic heterocycles. The van der Waals surface area contributed by atoms with Gasteiger partial charge in [-0.25, -0.2) is 0 Å². The molecule has 0 N–H and O–H groups in total. The number of fused-ring (bicyclic) bond motifs is 2. The molecule has 0 fully saturated rings. The van der Waals surface area contributed by atoms with E-state index in [9.17, 15) is 0 Å². The van der Waals surface area contributed by atoms with Gasteiger partial charge >= 0.3 is 0 Å². The summed E-state index contributed by atoms with van der Waals surface area (Å²) in [4.78, 5) is 9.03. The van der Waals surface area contributed by atoms with Gasteiger partial charge < -0.3 is 0 Å². The van der Waals surface area contributed by atoms with E-state index in [4.69, 9.17) is 4.98 Å². The Balaban J connectivity index is 1.18. The number of aromatic nitrogens is 2. The van der Waals surface area contributed by atoms with E-state index in [-0.39, 0.29) is 0 Å². The molecule has 0 radical (unpaired) electrons. The summed E-state index contributed by atoms with van der Waals surface area (Å²) in [6, 6.07) is 36.8. The van der Waals surface area contributed by atoms with E-state index in [0.29, 0.717) is 0 Å². The first kappa shape index (κ1) is 28.1. The van der Waals surface area contributed by atoms with Gasteiger partial charge in [-0.3, -0.25) is 9.97 Å². The van der Waals surface area contributed by atoms with Gasteiger partial charge in [-0.2, -0.15) is 0 Å². The van der Waals surface area contributed by atoms with Gasteiger partial charge in [0.15, 0.2) is 0 Å². The number of benzene rings is 4. The van der Waals surface area contributed by atoms with Crippen molar-refractivity contribution in [2.45, 2.75) is 32.1 Å². The van der Waals surface area contributed by atoms with Crippen LogP contribution in [-0.2, 0) is 6.42 Å². The predicted molar refractivity (Wildman–Crippen MR) is 184 cm³/mol. The molecule has 0 aliphatic carbocycles. The van der Waals surface area contributed by atoms with Gasteiger partial charge in [0.05, 0.1) is 5.69 Å². The second-order valence-electron chi connectivity index (χ2n) is 10.8. The maximum atomic E-state index is 4.80. The SMILES string of the molecule is C=CC/C=C(\CCC/C=C\Cc1c2ccccc2c(-c2ccccc2)c2ccccc12)c1ccc(-c2cccnc2)cn1. The van der Waals surface area contributed by atoms with Crippen molar-refractivity contribution in [2.75, 3.05) is 0 Å². The molecule has 2 aromatic heterocycles. The Morgan fingerprint density at radius 1 is 0.651 bits per heavy atom. The number of hydrogen-bond acceptors (Lipinski definition) is 2. The lowest BCUT2D eigenvalue weighted by molar-refractivity contribution is 0.871. The van der Waals surface area contributed by atoms with Crippen molar-refractivity contribution in [3.05, 3.63) is 164 Å². The van der Waals surface area contributed by atoms with Gasteiger partial charge in [-0.05, 0) is 88.0 Å². The van der Waals surface area contributed by atoms with E-state index >= 15 is 0 Å². The third-order valence-corrected chi connectivity index (χ3v) is 8.03. The minimum atomic E-state index is 0.844. The molecule has 0 unspecified atom stereocenters. The minimum Gasteiger partial charge on any atom is -0.264 e. The van der Waals surface area contributed by atoms with Crippen molar-refractivity contribution in [3.8, 4) is 22.3 Å². The maximum absolute atomic E-state index is 4.80. The molecule has 210 valence electrons. The molecule has 0 aliphatic rings. The predicted octanol–water partition coefficient (Wildman–Crippen LogP) is 11.0. The molecule has 0 saturated carbocycles. The van der Waals surface area contributed by atoms with Crippen molar-refractivity contribution in [3.63, 3.8) is 0 Å². The zero-order valence-electron chi connectivity index (χ0n) is 24.5. The van der Waals surface area contributed by atoms with Gasteiger partial charge in [0.1, 0.15) is 0 Å². The molecule has 0 saturated heterocycles. The fourth-order valence-electron chi connectivity index (χ4n) is 5.93. The second kappa shape index (κ2) is 13.7. The molecule has 0 amide bonds. The van der Waals surface area contributed by atoms with Crippen molar-refractivity contribution in [2.24, 2.45) is 0 Å². The van der Waals surface area contributed by atoms with E-state index in [2.05, 4.69) is 127 Å². The smallest absolute Gasteiger partial charge is 0.0658 e. The second-order valence-corrected chi connectivity index (χ2v) is 10.8. The zero-order valence-corrected chi connectivity index (χ0v) is 24.5. The first-order valence-corrected chi connectivity index (χ1v) is 15.1. The lowest BCUT2D eigenvalue weighted by Crippen LogP contribution is -1.93. The summed E-state index contributed by atoms with van der Waals surface area (Å²) in [5.41, 5.74) is 8.46. The van der Waals surface area contributed by atoms with Crippen molar-refractivity contribution in [1.29, 1.82) is 0 Å². The van der Waals surface area contributed by atoms with Crippen LogP contribution >= 0.6 is 0 Å².